The predicted molar refractivity (Wildman–Crippen MR) is 113 cm³/mol. The summed E-state index contributed by atoms with van der Waals surface area (Å²) >= 11 is 0. The number of rotatable bonds is 19. The zero-order valence-corrected chi connectivity index (χ0v) is 18.9. The average molecular weight is 400 g/mol. The number of carboxylic acid groups (broad SMARTS) is 1. The van der Waals surface area contributed by atoms with Crippen molar-refractivity contribution in [1.29, 1.82) is 0 Å². The van der Waals surface area contributed by atoms with Crippen LogP contribution in [0.5, 0.6) is 0 Å². The molecule has 0 saturated heterocycles. The first kappa shape index (κ1) is 27.1. The number of hydrogen-bond acceptors (Lipinski definition) is 4. The zero-order valence-electron chi connectivity index (χ0n) is 18.9. The van der Waals surface area contributed by atoms with E-state index in [1.165, 1.54) is 57.8 Å². The number of Topliss-reactive ketones (excluding diaryl/α,β-unsaturated/α-hetero) is 1. The molecule has 0 aromatic rings. The van der Waals surface area contributed by atoms with Gasteiger partial charge >= 0.3 is 0 Å². The third kappa shape index (κ3) is 16.1. The number of likely N-dealkylation sites (N-methyl/N-ethyl adjacent to an activating group) is 1. The summed E-state index contributed by atoms with van der Waals surface area (Å²) in [6.45, 7) is 2.56. The van der Waals surface area contributed by atoms with E-state index >= 15 is 0 Å². The molecule has 1 N–H and O–H groups in total. The van der Waals surface area contributed by atoms with Gasteiger partial charge in [-0.2, -0.15) is 0 Å². The van der Waals surface area contributed by atoms with E-state index in [-0.39, 0.29) is 18.6 Å². The van der Waals surface area contributed by atoms with Crippen molar-refractivity contribution >= 4 is 11.8 Å². The summed E-state index contributed by atoms with van der Waals surface area (Å²) in [5.41, 5.74) is 0. The van der Waals surface area contributed by atoms with Gasteiger partial charge in [-0.25, -0.2) is 0 Å². The number of nitrogens with zero attached hydrogens (tertiary/aromatic N) is 1. The molecule has 0 saturated carbocycles. The maximum absolute atomic E-state index is 12.0. The Balaban J connectivity index is 3.78. The van der Waals surface area contributed by atoms with Gasteiger partial charge < -0.3 is 19.5 Å². The van der Waals surface area contributed by atoms with Crippen LogP contribution in [0.25, 0.3) is 0 Å². The van der Waals surface area contributed by atoms with Gasteiger partial charge in [-0.05, 0) is 12.8 Å². The van der Waals surface area contributed by atoms with Crippen LogP contribution < -0.4 is 5.11 Å². The minimum absolute atomic E-state index is 0.0969. The van der Waals surface area contributed by atoms with E-state index in [0.29, 0.717) is 17.4 Å². The normalized spacial score (nSPS) is 14.0. The van der Waals surface area contributed by atoms with Crippen molar-refractivity contribution in [3.63, 3.8) is 0 Å². The first-order valence-electron chi connectivity index (χ1n) is 11.4. The molecule has 0 amide bonds. The fourth-order valence-corrected chi connectivity index (χ4v) is 3.58. The molecule has 2 atom stereocenters. The smallest absolute Gasteiger partial charge is 0.132 e. The second-order valence-electron chi connectivity index (χ2n) is 9.33. The first-order chi connectivity index (χ1) is 13.2. The maximum atomic E-state index is 12.0. The fourth-order valence-electron chi connectivity index (χ4n) is 3.58. The number of carboxylic acids is 1. The van der Waals surface area contributed by atoms with E-state index in [0.717, 1.165) is 12.8 Å². The highest BCUT2D eigenvalue weighted by Gasteiger charge is 2.26. The third-order valence-electron chi connectivity index (χ3n) is 5.30. The number of carbonyl (C=O) groups excluding carboxylic acids is 2. The molecule has 0 radical (unpaired) electrons. The zero-order chi connectivity index (χ0) is 21.4. The molecule has 0 bridgehead atoms. The standard InChI is InChI=1S/C23H45NO4/c1-5-6-7-8-9-10-11-12-13-14-15-16-20(25)17-18-21(23(27)28)22(26)19-24(2,3)4/h21-22,26H,5-19H2,1-4H3. The number of ketones is 1. The van der Waals surface area contributed by atoms with Gasteiger partial charge in [0.1, 0.15) is 18.4 Å². The van der Waals surface area contributed by atoms with Crippen molar-refractivity contribution in [3.05, 3.63) is 0 Å². The number of hydrogen-bond donors (Lipinski definition) is 1. The topological polar surface area (TPSA) is 77.4 Å². The molecule has 0 spiro atoms. The molecule has 0 heterocycles. The minimum atomic E-state index is -1.26. The van der Waals surface area contributed by atoms with Crippen LogP contribution in [0.4, 0.5) is 0 Å². The highest BCUT2D eigenvalue weighted by atomic mass is 16.4. The van der Waals surface area contributed by atoms with Crippen molar-refractivity contribution in [3.8, 4) is 0 Å². The van der Waals surface area contributed by atoms with Gasteiger partial charge in [0.25, 0.3) is 0 Å². The monoisotopic (exact) mass is 399 g/mol. The van der Waals surface area contributed by atoms with Gasteiger partial charge in [0, 0.05) is 24.7 Å². The van der Waals surface area contributed by atoms with Crippen LogP contribution in [0, 0.1) is 5.92 Å². The van der Waals surface area contributed by atoms with Crippen LogP contribution in [0.15, 0.2) is 0 Å². The minimum Gasteiger partial charge on any atom is -0.550 e. The van der Waals surface area contributed by atoms with E-state index in [2.05, 4.69) is 6.92 Å². The Morgan fingerprint density at radius 1 is 0.821 bits per heavy atom. The molecule has 0 aromatic heterocycles. The molecule has 0 aliphatic carbocycles. The Hall–Kier alpha value is -0.940. The van der Waals surface area contributed by atoms with Gasteiger partial charge in [0.2, 0.25) is 0 Å². The van der Waals surface area contributed by atoms with Crippen LogP contribution in [-0.4, -0.2) is 55.1 Å². The predicted octanol–water partition coefficient (Wildman–Crippen LogP) is 3.47. The van der Waals surface area contributed by atoms with E-state index in [1.54, 1.807) is 0 Å². The summed E-state index contributed by atoms with van der Waals surface area (Å²) in [6, 6.07) is 0. The van der Waals surface area contributed by atoms with Gasteiger partial charge in [0.15, 0.2) is 0 Å². The lowest BCUT2D eigenvalue weighted by atomic mass is 9.93. The molecule has 5 heteroatoms. The van der Waals surface area contributed by atoms with E-state index < -0.39 is 18.0 Å². The highest BCUT2D eigenvalue weighted by Crippen LogP contribution is 2.16. The molecule has 5 nitrogen and oxygen atoms in total. The molecule has 0 aliphatic rings. The van der Waals surface area contributed by atoms with E-state index in [9.17, 15) is 19.8 Å². The molecule has 0 aliphatic heterocycles. The van der Waals surface area contributed by atoms with Crippen molar-refractivity contribution in [2.24, 2.45) is 5.92 Å². The van der Waals surface area contributed by atoms with Crippen LogP contribution in [-0.2, 0) is 9.59 Å². The number of quaternary nitrogens is 1. The Labute approximate surface area is 173 Å². The second-order valence-corrected chi connectivity index (χ2v) is 9.33. The summed E-state index contributed by atoms with van der Waals surface area (Å²) < 4.78 is 0.470. The molecule has 28 heavy (non-hydrogen) atoms. The van der Waals surface area contributed by atoms with E-state index in [4.69, 9.17) is 0 Å². The lowest BCUT2D eigenvalue weighted by molar-refractivity contribution is -0.874. The van der Waals surface area contributed by atoms with Crippen molar-refractivity contribution in [2.75, 3.05) is 27.7 Å². The van der Waals surface area contributed by atoms with Gasteiger partial charge in [-0.1, -0.05) is 71.1 Å². The summed E-state index contributed by atoms with van der Waals surface area (Å²) in [4.78, 5) is 23.3. The van der Waals surface area contributed by atoms with Gasteiger partial charge in [0.05, 0.1) is 21.1 Å². The summed E-state index contributed by atoms with van der Waals surface area (Å²) in [5, 5.41) is 21.5. The van der Waals surface area contributed by atoms with Crippen molar-refractivity contribution < 1.29 is 24.3 Å². The van der Waals surface area contributed by atoms with Crippen molar-refractivity contribution in [2.45, 2.75) is 103 Å². The molecule has 0 fully saturated rings. The number of aliphatic hydroxyl groups excluding tert-OH is 1. The third-order valence-corrected chi connectivity index (χ3v) is 5.30. The fraction of sp³-hybridized carbons (Fsp3) is 0.913. The number of aliphatic hydroxyl groups is 1. The highest BCUT2D eigenvalue weighted by molar-refractivity contribution is 5.79. The molecule has 0 rings (SSSR count). The van der Waals surface area contributed by atoms with Crippen LogP contribution in [0.3, 0.4) is 0 Å². The first-order valence-corrected chi connectivity index (χ1v) is 11.4. The molecular weight excluding hydrogens is 354 g/mol. The Kier molecular flexibility index (Phi) is 15.4. The average Bonchev–Trinajstić information content (AvgIpc) is 2.58. The number of carbonyl (C=O) groups is 2. The summed E-state index contributed by atoms with van der Waals surface area (Å²) in [5.74, 6) is -2.14. The van der Waals surface area contributed by atoms with Crippen LogP contribution in [0.1, 0.15) is 96.8 Å². The number of aliphatic carboxylic acids is 1. The van der Waals surface area contributed by atoms with Gasteiger partial charge in [-0.3, -0.25) is 4.79 Å². The quantitative estimate of drug-likeness (QED) is 0.266. The summed E-state index contributed by atoms with van der Waals surface area (Å²) in [7, 11) is 5.69. The Bertz CT molecular complexity index is 417. The molecular formula is C23H45NO4. The molecule has 0 aromatic carbocycles. The lowest BCUT2D eigenvalue weighted by Gasteiger charge is -2.31. The summed E-state index contributed by atoms with van der Waals surface area (Å²) in [6.07, 6.45) is 13.6. The largest absolute Gasteiger partial charge is 0.550 e. The Morgan fingerprint density at radius 3 is 1.71 bits per heavy atom. The number of unbranched alkanes of at least 4 members (excludes halogenated alkanes) is 10. The maximum Gasteiger partial charge on any atom is 0.132 e. The van der Waals surface area contributed by atoms with E-state index in [1.807, 2.05) is 21.1 Å². The van der Waals surface area contributed by atoms with Crippen molar-refractivity contribution in [1.82, 2.24) is 0 Å². The SMILES string of the molecule is CCCCCCCCCCCCCC(=O)CCC(C(=O)[O-])C(O)C[N+](C)(C)C. The lowest BCUT2D eigenvalue weighted by Crippen LogP contribution is -2.48. The Morgan fingerprint density at radius 2 is 1.29 bits per heavy atom. The second kappa shape index (κ2) is 15.9. The molecule has 166 valence electrons. The van der Waals surface area contributed by atoms with Crippen LogP contribution in [0.2, 0.25) is 0 Å². The molecule has 2 unspecified atom stereocenters. The van der Waals surface area contributed by atoms with Gasteiger partial charge in [-0.15, -0.1) is 0 Å². The van der Waals surface area contributed by atoms with Crippen LogP contribution >= 0.6 is 0 Å².